The zero-order valence-corrected chi connectivity index (χ0v) is 12.1. The van der Waals surface area contributed by atoms with Crippen molar-refractivity contribution < 1.29 is 13.6 Å². The molecule has 2 N–H and O–H groups in total. The fourth-order valence-electron chi connectivity index (χ4n) is 2.38. The Labute approximate surface area is 123 Å². The molecule has 2 rings (SSSR count). The summed E-state index contributed by atoms with van der Waals surface area (Å²) >= 11 is 0. The Balaban J connectivity index is 0.00000200. The first-order chi connectivity index (χ1) is 9.06. The number of piperidine rings is 1. The summed E-state index contributed by atoms with van der Waals surface area (Å²) < 4.78 is 26.4. The van der Waals surface area contributed by atoms with Crippen molar-refractivity contribution in [3.8, 4) is 0 Å². The summed E-state index contributed by atoms with van der Waals surface area (Å²) in [5.41, 5.74) is 0.176. The Morgan fingerprint density at radius 1 is 1.45 bits per heavy atom. The molecule has 0 saturated carbocycles. The molecule has 1 fully saturated rings. The van der Waals surface area contributed by atoms with Gasteiger partial charge in [-0.15, -0.1) is 12.4 Å². The van der Waals surface area contributed by atoms with E-state index in [9.17, 15) is 13.6 Å². The van der Waals surface area contributed by atoms with Crippen LogP contribution >= 0.6 is 12.4 Å². The van der Waals surface area contributed by atoms with Crippen molar-refractivity contribution in [1.29, 1.82) is 0 Å². The molecule has 3 nitrogen and oxygen atoms in total. The average molecular weight is 305 g/mol. The maximum absolute atomic E-state index is 13.4. The van der Waals surface area contributed by atoms with E-state index in [-0.39, 0.29) is 36.3 Å². The molecule has 1 aromatic carbocycles. The monoisotopic (exact) mass is 304 g/mol. The SMILES string of the molecule is C[C@H]1C[C@@H](C(=O)NCc2cc(F)ccc2F)CCN1.Cl. The van der Waals surface area contributed by atoms with E-state index in [4.69, 9.17) is 0 Å². The lowest BCUT2D eigenvalue weighted by Crippen LogP contribution is -2.42. The summed E-state index contributed by atoms with van der Waals surface area (Å²) in [4.78, 5) is 12.0. The van der Waals surface area contributed by atoms with Crippen LogP contribution in [0.2, 0.25) is 0 Å². The molecule has 1 amide bonds. The second-order valence-corrected chi connectivity index (χ2v) is 5.03. The highest BCUT2D eigenvalue weighted by molar-refractivity contribution is 5.85. The highest BCUT2D eigenvalue weighted by Gasteiger charge is 2.24. The molecule has 1 aromatic rings. The van der Waals surface area contributed by atoms with E-state index in [1.165, 1.54) is 0 Å². The molecule has 0 spiro atoms. The quantitative estimate of drug-likeness (QED) is 0.900. The molecule has 2 atom stereocenters. The molecular formula is C14H19ClF2N2O. The van der Waals surface area contributed by atoms with Crippen LogP contribution in [0.5, 0.6) is 0 Å². The van der Waals surface area contributed by atoms with Crippen molar-refractivity contribution in [2.45, 2.75) is 32.4 Å². The lowest BCUT2D eigenvalue weighted by atomic mass is 9.92. The summed E-state index contributed by atoms with van der Waals surface area (Å²) in [6.45, 7) is 2.87. The number of carbonyl (C=O) groups excluding carboxylic acids is 1. The molecule has 0 unspecified atom stereocenters. The van der Waals surface area contributed by atoms with Crippen molar-refractivity contribution in [1.82, 2.24) is 10.6 Å². The van der Waals surface area contributed by atoms with Crippen molar-refractivity contribution in [3.05, 3.63) is 35.4 Å². The molecule has 0 aliphatic carbocycles. The average Bonchev–Trinajstić information content (AvgIpc) is 2.39. The number of rotatable bonds is 3. The van der Waals surface area contributed by atoms with Crippen molar-refractivity contribution >= 4 is 18.3 Å². The molecule has 1 heterocycles. The van der Waals surface area contributed by atoms with Gasteiger partial charge in [0.1, 0.15) is 11.6 Å². The Kier molecular flexibility index (Phi) is 6.36. The normalized spacial score (nSPS) is 21.9. The van der Waals surface area contributed by atoms with E-state index in [0.29, 0.717) is 6.04 Å². The highest BCUT2D eigenvalue weighted by atomic mass is 35.5. The zero-order chi connectivity index (χ0) is 13.8. The molecule has 1 aliphatic rings. The Bertz CT molecular complexity index is 470. The minimum Gasteiger partial charge on any atom is -0.352 e. The van der Waals surface area contributed by atoms with Crippen LogP contribution < -0.4 is 10.6 Å². The van der Waals surface area contributed by atoms with E-state index < -0.39 is 11.6 Å². The summed E-state index contributed by atoms with van der Waals surface area (Å²) in [5.74, 6) is -1.13. The predicted octanol–water partition coefficient (Wildman–Crippen LogP) is 2.39. The van der Waals surface area contributed by atoms with Gasteiger partial charge in [0.05, 0.1) is 0 Å². The van der Waals surface area contributed by atoms with Crippen molar-refractivity contribution in [2.24, 2.45) is 5.92 Å². The topological polar surface area (TPSA) is 41.1 Å². The van der Waals surface area contributed by atoms with Gasteiger partial charge >= 0.3 is 0 Å². The van der Waals surface area contributed by atoms with Crippen LogP contribution in [0, 0.1) is 17.6 Å². The van der Waals surface area contributed by atoms with Gasteiger partial charge in [-0.1, -0.05) is 0 Å². The molecule has 1 saturated heterocycles. The van der Waals surface area contributed by atoms with E-state index in [1.807, 2.05) is 6.92 Å². The smallest absolute Gasteiger partial charge is 0.223 e. The standard InChI is InChI=1S/C14H18F2N2O.ClH/c1-9-6-10(4-5-17-9)14(19)18-8-11-7-12(15)2-3-13(11)16;/h2-3,7,9-10,17H,4-6,8H2,1H3,(H,18,19);1H/t9-,10-;/m0./s1. The minimum absolute atomic E-state index is 0. The molecule has 6 heteroatoms. The molecule has 1 aliphatic heterocycles. The third-order valence-electron chi connectivity index (χ3n) is 3.46. The largest absolute Gasteiger partial charge is 0.352 e. The maximum Gasteiger partial charge on any atom is 0.223 e. The summed E-state index contributed by atoms with van der Waals surface area (Å²) in [6, 6.07) is 3.56. The van der Waals surface area contributed by atoms with Crippen LogP contribution in [0.3, 0.4) is 0 Å². The first-order valence-corrected chi connectivity index (χ1v) is 6.51. The predicted molar refractivity (Wildman–Crippen MR) is 75.6 cm³/mol. The minimum atomic E-state index is -0.500. The van der Waals surface area contributed by atoms with Crippen molar-refractivity contribution in [2.75, 3.05) is 6.54 Å². The molecule has 0 bridgehead atoms. The lowest BCUT2D eigenvalue weighted by molar-refractivity contribution is -0.126. The van der Waals surface area contributed by atoms with Crippen LogP contribution in [0.25, 0.3) is 0 Å². The lowest BCUT2D eigenvalue weighted by Gasteiger charge is -2.27. The Morgan fingerprint density at radius 2 is 2.20 bits per heavy atom. The molecule has 0 radical (unpaired) electrons. The fourth-order valence-corrected chi connectivity index (χ4v) is 2.38. The van der Waals surface area contributed by atoms with Gasteiger partial charge in [-0.25, -0.2) is 8.78 Å². The fraction of sp³-hybridized carbons (Fsp3) is 0.500. The van der Waals surface area contributed by atoms with Gasteiger partial charge in [0.15, 0.2) is 0 Å². The number of carbonyl (C=O) groups is 1. The van der Waals surface area contributed by atoms with E-state index in [2.05, 4.69) is 10.6 Å². The van der Waals surface area contributed by atoms with Gasteiger partial charge in [0, 0.05) is 24.1 Å². The van der Waals surface area contributed by atoms with E-state index >= 15 is 0 Å². The third kappa shape index (κ3) is 4.42. The van der Waals surface area contributed by atoms with Crippen LogP contribution in [0.4, 0.5) is 8.78 Å². The van der Waals surface area contributed by atoms with Gasteiger partial charge < -0.3 is 10.6 Å². The number of amides is 1. The number of hydrogen-bond donors (Lipinski definition) is 2. The zero-order valence-electron chi connectivity index (χ0n) is 11.3. The number of hydrogen-bond acceptors (Lipinski definition) is 2. The van der Waals surface area contributed by atoms with Gasteiger partial charge in [-0.05, 0) is 44.5 Å². The van der Waals surface area contributed by atoms with Gasteiger partial charge in [-0.3, -0.25) is 4.79 Å². The summed E-state index contributed by atoms with van der Waals surface area (Å²) in [6.07, 6.45) is 1.55. The van der Waals surface area contributed by atoms with Gasteiger partial charge in [0.25, 0.3) is 0 Å². The number of benzene rings is 1. The molecule has 20 heavy (non-hydrogen) atoms. The maximum atomic E-state index is 13.4. The number of nitrogens with one attached hydrogen (secondary N) is 2. The molecular weight excluding hydrogens is 286 g/mol. The Morgan fingerprint density at radius 3 is 2.90 bits per heavy atom. The molecule has 0 aromatic heterocycles. The van der Waals surface area contributed by atoms with Crippen LogP contribution in [-0.4, -0.2) is 18.5 Å². The van der Waals surface area contributed by atoms with E-state index in [1.54, 1.807) is 0 Å². The summed E-state index contributed by atoms with van der Waals surface area (Å²) in [7, 11) is 0. The second kappa shape index (κ2) is 7.55. The first kappa shape index (κ1) is 16.9. The highest BCUT2D eigenvalue weighted by Crippen LogP contribution is 2.16. The molecule has 112 valence electrons. The van der Waals surface area contributed by atoms with Crippen LogP contribution in [0.1, 0.15) is 25.3 Å². The van der Waals surface area contributed by atoms with Gasteiger partial charge in [-0.2, -0.15) is 0 Å². The number of halogens is 3. The van der Waals surface area contributed by atoms with Gasteiger partial charge in [0.2, 0.25) is 5.91 Å². The third-order valence-corrected chi connectivity index (χ3v) is 3.46. The second-order valence-electron chi connectivity index (χ2n) is 5.03. The summed E-state index contributed by atoms with van der Waals surface area (Å²) in [5, 5.41) is 5.95. The van der Waals surface area contributed by atoms with Crippen LogP contribution in [-0.2, 0) is 11.3 Å². The first-order valence-electron chi connectivity index (χ1n) is 6.51. The van der Waals surface area contributed by atoms with Crippen LogP contribution in [0.15, 0.2) is 18.2 Å². The van der Waals surface area contributed by atoms with E-state index in [0.717, 1.165) is 37.6 Å². The Hall–Kier alpha value is -1.20. The van der Waals surface area contributed by atoms with Crippen molar-refractivity contribution in [3.63, 3.8) is 0 Å².